The quantitative estimate of drug-likeness (QED) is 0.625. The summed E-state index contributed by atoms with van der Waals surface area (Å²) in [5.74, 6) is -0.340. The monoisotopic (exact) mass is 426 g/mol. The molecule has 1 fully saturated rings. The summed E-state index contributed by atoms with van der Waals surface area (Å²) in [6, 6.07) is 0.375. The van der Waals surface area contributed by atoms with E-state index in [1.54, 1.807) is 0 Å². The molecule has 0 bridgehead atoms. The predicted octanol–water partition coefficient (Wildman–Crippen LogP) is 1.72. The van der Waals surface area contributed by atoms with Crippen molar-refractivity contribution in [3.05, 3.63) is 15.6 Å². The third-order valence-corrected chi connectivity index (χ3v) is 5.88. The van der Waals surface area contributed by atoms with Gasteiger partial charge in [-0.15, -0.1) is 11.3 Å². The van der Waals surface area contributed by atoms with Crippen LogP contribution in [0.3, 0.4) is 0 Å². The Morgan fingerprint density at radius 2 is 2.14 bits per heavy atom. The number of hydrogen-bond acceptors (Lipinski definition) is 7. The minimum absolute atomic E-state index is 0.148. The largest absolute Gasteiger partial charge is 0.375 e. The lowest BCUT2D eigenvalue weighted by molar-refractivity contribution is -0.139. The van der Waals surface area contributed by atoms with E-state index in [2.05, 4.69) is 34.4 Å². The zero-order chi connectivity index (χ0) is 21.6. The number of aryl methyl sites for hydroxylation is 1. The molecule has 29 heavy (non-hydrogen) atoms. The van der Waals surface area contributed by atoms with Gasteiger partial charge in [-0.2, -0.15) is 0 Å². The van der Waals surface area contributed by atoms with Crippen molar-refractivity contribution in [1.29, 1.82) is 0 Å². The molecule has 1 aromatic rings. The minimum Gasteiger partial charge on any atom is -0.375 e. The summed E-state index contributed by atoms with van der Waals surface area (Å²) in [4.78, 5) is 32.4. The minimum atomic E-state index is -0.615. The van der Waals surface area contributed by atoms with E-state index in [9.17, 15) is 9.59 Å². The second-order valence-electron chi connectivity index (χ2n) is 8.16. The first kappa shape index (κ1) is 23.7. The Morgan fingerprint density at radius 3 is 2.79 bits per heavy atom. The maximum absolute atomic E-state index is 12.7. The van der Waals surface area contributed by atoms with Crippen molar-refractivity contribution >= 4 is 23.2 Å². The molecule has 0 saturated carbocycles. The standard InChI is InChI=1S/C20H34N4O4S/c1-7-27-11-16-22-14(4)17(29-16)19(26)23-20(5,6)12-21-18(25)15-10-24(13(2)3)8-9-28-15/h13,15H,7-12H2,1-6H3,(H,21,25)(H,23,26). The molecule has 0 aliphatic carbocycles. The topological polar surface area (TPSA) is 92.8 Å². The highest BCUT2D eigenvalue weighted by atomic mass is 32.1. The number of rotatable bonds is 9. The smallest absolute Gasteiger partial charge is 0.263 e. The fourth-order valence-corrected chi connectivity index (χ4v) is 3.94. The number of morpholine rings is 1. The number of thiazole rings is 1. The summed E-state index contributed by atoms with van der Waals surface area (Å²) in [5, 5.41) is 6.69. The summed E-state index contributed by atoms with van der Waals surface area (Å²) in [6.07, 6.45) is -0.484. The SMILES string of the molecule is CCOCc1nc(C)c(C(=O)NC(C)(C)CNC(=O)C2CN(C(C)C)CCO2)s1. The van der Waals surface area contributed by atoms with Crippen LogP contribution in [-0.4, -0.2) is 72.2 Å². The van der Waals surface area contributed by atoms with Crippen LogP contribution in [0.4, 0.5) is 0 Å². The fraction of sp³-hybridized carbons (Fsp3) is 0.750. The Morgan fingerprint density at radius 1 is 1.41 bits per heavy atom. The maximum Gasteiger partial charge on any atom is 0.263 e. The van der Waals surface area contributed by atoms with Gasteiger partial charge >= 0.3 is 0 Å². The average molecular weight is 427 g/mol. The lowest BCUT2D eigenvalue weighted by Gasteiger charge is -2.35. The highest BCUT2D eigenvalue weighted by Crippen LogP contribution is 2.20. The van der Waals surface area contributed by atoms with Gasteiger partial charge in [0.15, 0.2) is 0 Å². The number of nitrogens with one attached hydrogen (secondary N) is 2. The van der Waals surface area contributed by atoms with Crippen molar-refractivity contribution in [3.8, 4) is 0 Å². The van der Waals surface area contributed by atoms with Crippen molar-refractivity contribution in [2.75, 3.05) is 32.8 Å². The molecule has 1 atom stereocenters. The summed E-state index contributed by atoms with van der Waals surface area (Å²) < 4.78 is 11.0. The van der Waals surface area contributed by atoms with Gasteiger partial charge in [0.25, 0.3) is 11.8 Å². The fourth-order valence-electron chi connectivity index (χ4n) is 3.04. The van der Waals surface area contributed by atoms with Gasteiger partial charge in [-0.1, -0.05) is 0 Å². The number of amides is 2. The summed E-state index contributed by atoms with van der Waals surface area (Å²) in [5.41, 5.74) is 0.0711. The molecule has 2 rings (SSSR count). The summed E-state index contributed by atoms with van der Waals surface area (Å²) >= 11 is 1.34. The zero-order valence-electron chi connectivity index (χ0n) is 18.3. The van der Waals surface area contributed by atoms with Crippen LogP contribution in [0.5, 0.6) is 0 Å². The van der Waals surface area contributed by atoms with Crippen molar-refractivity contribution in [3.63, 3.8) is 0 Å². The number of hydrogen-bond donors (Lipinski definition) is 2. The predicted molar refractivity (Wildman–Crippen MR) is 113 cm³/mol. The lowest BCUT2D eigenvalue weighted by Crippen LogP contribution is -2.56. The first-order chi connectivity index (χ1) is 13.6. The summed E-state index contributed by atoms with van der Waals surface area (Å²) in [7, 11) is 0. The highest BCUT2D eigenvalue weighted by Gasteiger charge is 2.30. The van der Waals surface area contributed by atoms with Crippen LogP contribution in [0.15, 0.2) is 0 Å². The van der Waals surface area contributed by atoms with E-state index in [-0.39, 0.29) is 11.8 Å². The first-order valence-electron chi connectivity index (χ1n) is 10.1. The number of nitrogens with zero attached hydrogens (tertiary/aromatic N) is 2. The molecular weight excluding hydrogens is 392 g/mol. The van der Waals surface area contributed by atoms with E-state index in [1.165, 1.54) is 11.3 Å². The zero-order valence-corrected chi connectivity index (χ0v) is 19.1. The Bertz CT molecular complexity index is 705. The molecule has 2 N–H and O–H groups in total. The van der Waals surface area contributed by atoms with Crippen molar-refractivity contribution in [2.45, 2.75) is 65.8 Å². The number of carbonyl (C=O) groups is 2. The van der Waals surface area contributed by atoms with E-state index < -0.39 is 11.6 Å². The Balaban J connectivity index is 1.88. The van der Waals surface area contributed by atoms with Gasteiger partial charge in [0, 0.05) is 32.3 Å². The van der Waals surface area contributed by atoms with Crippen LogP contribution < -0.4 is 10.6 Å². The van der Waals surface area contributed by atoms with Gasteiger partial charge in [-0.05, 0) is 41.5 Å². The number of aromatic nitrogens is 1. The number of carbonyl (C=O) groups excluding carboxylic acids is 2. The van der Waals surface area contributed by atoms with Gasteiger partial charge in [-0.3, -0.25) is 14.5 Å². The van der Waals surface area contributed by atoms with Crippen LogP contribution in [0.25, 0.3) is 0 Å². The van der Waals surface area contributed by atoms with Gasteiger partial charge in [-0.25, -0.2) is 4.98 Å². The molecule has 164 valence electrons. The van der Waals surface area contributed by atoms with Crippen LogP contribution in [0, 0.1) is 6.92 Å². The second kappa shape index (κ2) is 10.5. The molecule has 1 aromatic heterocycles. The van der Waals surface area contributed by atoms with Gasteiger partial charge in [0.1, 0.15) is 16.0 Å². The van der Waals surface area contributed by atoms with E-state index >= 15 is 0 Å². The van der Waals surface area contributed by atoms with Crippen LogP contribution >= 0.6 is 11.3 Å². The molecule has 0 radical (unpaired) electrons. The molecule has 1 aliphatic heterocycles. The normalized spacial score (nSPS) is 18.1. The molecule has 1 unspecified atom stereocenters. The molecular formula is C20H34N4O4S. The number of ether oxygens (including phenoxy) is 2. The Kier molecular flexibility index (Phi) is 8.57. The van der Waals surface area contributed by atoms with E-state index in [4.69, 9.17) is 9.47 Å². The van der Waals surface area contributed by atoms with Crippen molar-refractivity contribution in [2.24, 2.45) is 0 Å². The van der Waals surface area contributed by atoms with E-state index in [0.717, 1.165) is 11.6 Å². The average Bonchev–Trinajstić information content (AvgIpc) is 3.05. The molecule has 8 nitrogen and oxygen atoms in total. The Hall–Kier alpha value is -1.55. The van der Waals surface area contributed by atoms with Crippen molar-refractivity contribution < 1.29 is 19.1 Å². The molecule has 9 heteroatoms. The Labute approximate surface area is 177 Å². The second-order valence-corrected chi connectivity index (χ2v) is 9.25. The molecule has 2 amide bonds. The lowest BCUT2D eigenvalue weighted by atomic mass is 10.1. The summed E-state index contributed by atoms with van der Waals surface area (Å²) in [6.45, 7) is 15.0. The highest BCUT2D eigenvalue weighted by molar-refractivity contribution is 7.13. The molecule has 0 aromatic carbocycles. The molecule has 0 spiro atoms. The maximum atomic E-state index is 12.7. The van der Waals surface area contributed by atoms with Gasteiger partial charge in [0.2, 0.25) is 0 Å². The third kappa shape index (κ3) is 7.02. The van der Waals surface area contributed by atoms with Gasteiger partial charge < -0.3 is 20.1 Å². The van der Waals surface area contributed by atoms with E-state index in [0.29, 0.717) is 49.5 Å². The van der Waals surface area contributed by atoms with Crippen LogP contribution in [-0.2, 0) is 20.9 Å². The third-order valence-electron chi connectivity index (χ3n) is 4.75. The first-order valence-corrected chi connectivity index (χ1v) is 10.9. The molecule has 1 aliphatic rings. The molecule has 1 saturated heterocycles. The molecule has 2 heterocycles. The van der Waals surface area contributed by atoms with Crippen molar-refractivity contribution in [1.82, 2.24) is 20.5 Å². The van der Waals surface area contributed by atoms with E-state index in [1.807, 2.05) is 27.7 Å². The van der Waals surface area contributed by atoms with Crippen LogP contribution in [0.2, 0.25) is 0 Å². The van der Waals surface area contributed by atoms with Gasteiger partial charge in [0.05, 0.1) is 24.4 Å². The van der Waals surface area contributed by atoms with Crippen LogP contribution in [0.1, 0.15) is 55.0 Å².